The summed E-state index contributed by atoms with van der Waals surface area (Å²) in [6, 6.07) is 6.78. The van der Waals surface area contributed by atoms with Crippen molar-refractivity contribution in [2.75, 3.05) is 10.6 Å². The van der Waals surface area contributed by atoms with Crippen molar-refractivity contribution in [2.24, 2.45) is 0 Å². The van der Waals surface area contributed by atoms with E-state index in [-0.39, 0.29) is 24.3 Å². The number of amides is 1. The van der Waals surface area contributed by atoms with Gasteiger partial charge in [-0.25, -0.2) is 9.37 Å². The minimum atomic E-state index is -0.251. The molecular weight excluding hydrogens is 373 g/mol. The highest BCUT2D eigenvalue weighted by Crippen LogP contribution is 2.16. The second-order valence-corrected chi connectivity index (χ2v) is 6.93. The maximum Gasteiger partial charge on any atom is 0.241 e. The Morgan fingerprint density at radius 1 is 1.28 bits per heavy atom. The number of rotatable bonds is 8. The highest BCUT2D eigenvalue weighted by Gasteiger charge is 2.08. The molecule has 1 amide bonds. The van der Waals surface area contributed by atoms with E-state index in [0.29, 0.717) is 29.6 Å². The van der Waals surface area contributed by atoms with Gasteiger partial charge in [0.15, 0.2) is 0 Å². The number of aryl methyl sites for hydroxylation is 1. The van der Waals surface area contributed by atoms with Crippen molar-refractivity contribution >= 4 is 23.4 Å². The number of halogens is 1. The molecule has 0 unspecified atom stereocenters. The first-order valence-corrected chi connectivity index (χ1v) is 9.30. The molecule has 29 heavy (non-hydrogen) atoms. The number of carbonyl (C=O) groups excluding carboxylic acids is 1. The molecule has 3 N–H and O–H groups in total. The van der Waals surface area contributed by atoms with Gasteiger partial charge in [0.1, 0.15) is 18.2 Å². The molecule has 0 aliphatic heterocycles. The Morgan fingerprint density at radius 2 is 2.10 bits per heavy atom. The van der Waals surface area contributed by atoms with E-state index in [4.69, 9.17) is 0 Å². The quantitative estimate of drug-likeness (QED) is 0.541. The minimum absolute atomic E-state index is 0.0763. The van der Waals surface area contributed by atoms with Crippen molar-refractivity contribution in [3.63, 3.8) is 0 Å². The molecule has 0 fully saturated rings. The maximum absolute atomic E-state index is 14.0. The van der Waals surface area contributed by atoms with Gasteiger partial charge >= 0.3 is 0 Å². The molecular formula is C20H24FN7O. The summed E-state index contributed by atoms with van der Waals surface area (Å²) in [5.74, 6) is 0.569. The lowest BCUT2D eigenvalue weighted by Gasteiger charge is -2.10. The minimum Gasteiger partial charge on any atom is -0.366 e. The number of hydrogen-bond donors (Lipinski definition) is 3. The van der Waals surface area contributed by atoms with Crippen molar-refractivity contribution in [2.45, 2.75) is 39.9 Å². The zero-order chi connectivity index (χ0) is 20.8. The SMILES string of the molecule is Cc1cccc(F)c1CNc1ccnc(Nc2cnn(CC(=O)NC(C)C)c2)n1. The Hall–Kier alpha value is -3.49. The number of hydrogen-bond acceptors (Lipinski definition) is 6. The largest absolute Gasteiger partial charge is 0.366 e. The van der Waals surface area contributed by atoms with Gasteiger partial charge in [-0.05, 0) is 38.5 Å². The van der Waals surface area contributed by atoms with Crippen LogP contribution < -0.4 is 16.0 Å². The molecule has 0 atom stereocenters. The van der Waals surface area contributed by atoms with Gasteiger partial charge in [-0.15, -0.1) is 0 Å². The van der Waals surface area contributed by atoms with Gasteiger partial charge < -0.3 is 16.0 Å². The summed E-state index contributed by atoms with van der Waals surface area (Å²) in [4.78, 5) is 20.4. The fourth-order valence-electron chi connectivity index (χ4n) is 2.75. The van der Waals surface area contributed by atoms with Crippen molar-refractivity contribution in [3.05, 3.63) is 59.8 Å². The lowest BCUT2D eigenvalue weighted by Crippen LogP contribution is -2.33. The van der Waals surface area contributed by atoms with Gasteiger partial charge in [0, 0.05) is 30.5 Å². The van der Waals surface area contributed by atoms with Crippen LogP contribution in [-0.4, -0.2) is 31.7 Å². The summed E-state index contributed by atoms with van der Waals surface area (Å²) in [7, 11) is 0. The van der Waals surface area contributed by atoms with Gasteiger partial charge in [-0.1, -0.05) is 12.1 Å². The summed E-state index contributed by atoms with van der Waals surface area (Å²) >= 11 is 0. The molecule has 152 valence electrons. The summed E-state index contributed by atoms with van der Waals surface area (Å²) in [5.41, 5.74) is 2.13. The monoisotopic (exact) mass is 397 g/mol. The van der Waals surface area contributed by atoms with Crippen LogP contribution in [0.3, 0.4) is 0 Å². The molecule has 1 aromatic carbocycles. The molecule has 3 aromatic rings. The smallest absolute Gasteiger partial charge is 0.241 e. The van der Waals surface area contributed by atoms with Gasteiger partial charge in [-0.2, -0.15) is 10.1 Å². The number of nitrogens with zero attached hydrogens (tertiary/aromatic N) is 4. The second-order valence-electron chi connectivity index (χ2n) is 6.93. The van der Waals surface area contributed by atoms with Crippen LogP contribution in [-0.2, 0) is 17.9 Å². The third kappa shape index (κ3) is 5.74. The number of nitrogens with one attached hydrogen (secondary N) is 3. The lowest BCUT2D eigenvalue weighted by molar-refractivity contribution is -0.122. The summed E-state index contributed by atoms with van der Waals surface area (Å²) in [6.45, 7) is 6.12. The highest BCUT2D eigenvalue weighted by atomic mass is 19.1. The number of carbonyl (C=O) groups is 1. The van der Waals surface area contributed by atoms with Crippen molar-refractivity contribution in [1.82, 2.24) is 25.1 Å². The predicted molar refractivity (Wildman–Crippen MR) is 109 cm³/mol. The first kappa shape index (κ1) is 20.2. The first-order valence-electron chi connectivity index (χ1n) is 9.30. The Balaban J connectivity index is 1.61. The molecule has 0 saturated heterocycles. The third-order valence-corrected chi connectivity index (χ3v) is 4.10. The van der Waals surface area contributed by atoms with E-state index in [1.54, 1.807) is 30.7 Å². The van der Waals surface area contributed by atoms with Crippen LogP contribution in [0.1, 0.15) is 25.0 Å². The maximum atomic E-state index is 14.0. The lowest BCUT2D eigenvalue weighted by atomic mass is 10.1. The molecule has 0 bridgehead atoms. The second kappa shape index (κ2) is 9.13. The number of aromatic nitrogens is 4. The van der Waals surface area contributed by atoms with Crippen LogP contribution in [0, 0.1) is 12.7 Å². The normalized spacial score (nSPS) is 10.8. The Morgan fingerprint density at radius 3 is 2.86 bits per heavy atom. The van der Waals surface area contributed by atoms with Crippen LogP contribution in [0.15, 0.2) is 42.9 Å². The molecule has 3 rings (SSSR count). The molecule has 0 radical (unpaired) electrons. The standard InChI is InChI=1S/C20H24FN7O/c1-13(2)25-19(29)12-28-11-15(9-24-28)26-20-22-8-7-18(27-20)23-10-16-14(3)5-4-6-17(16)21/h4-9,11,13H,10,12H2,1-3H3,(H,25,29)(H2,22,23,26,27). The highest BCUT2D eigenvalue weighted by molar-refractivity contribution is 5.76. The van der Waals surface area contributed by atoms with E-state index in [1.165, 1.54) is 10.7 Å². The van der Waals surface area contributed by atoms with E-state index in [9.17, 15) is 9.18 Å². The van der Waals surface area contributed by atoms with E-state index in [2.05, 4.69) is 31.0 Å². The molecule has 9 heteroatoms. The Bertz CT molecular complexity index is 966. The van der Waals surface area contributed by atoms with Crippen LogP contribution in [0.2, 0.25) is 0 Å². The van der Waals surface area contributed by atoms with Crippen molar-refractivity contribution in [3.8, 4) is 0 Å². The average molecular weight is 397 g/mol. The molecule has 0 saturated carbocycles. The van der Waals surface area contributed by atoms with Crippen LogP contribution in [0.4, 0.5) is 21.8 Å². The molecule has 0 aliphatic rings. The fourth-order valence-corrected chi connectivity index (χ4v) is 2.75. The Kier molecular flexibility index (Phi) is 6.38. The van der Waals surface area contributed by atoms with Gasteiger partial charge in [0.2, 0.25) is 11.9 Å². The molecule has 8 nitrogen and oxygen atoms in total. The van der Waals surface area contributed by atoms with Gasteiger partial charge in [-0.3, -0.25) is 9.48 Å². The van der Waals surface area contributed by atoms with Crippen LogP contribution >= 0.6 is 0 Å². The average Bonchev–Trinajstić information content (AvgIpc) is 3.07. The summed E-state index contributed by atoms with van der Waals surface area (Å²) in [5, 5.41) is 13.1. The first-order chi connectivity index (χ1) is 13.9. The molecule has 2 heterocycles. The summed E-state index contributed by atoms with van der Waals surface area (Å²) in [6.07, 6.45) is 4.90. The fraction of sp³-hybridized carbons (Fsp3) is 0.300. The number of anilines is 3. The van der Waals surface area contributed by atoms with E-state index < -0.39 is 0 Å². The Labute approximate surface area is 168 Å². The molecule has 0 aliphatic carbocycles. The van der Waals surface area contributed by atoms with E-state index in [1.807, 2.05) is 26.8 Å². The molecule has 0 spiro atoms. The third-order valence-electron chi connectivity index (χ3n) is 4.10. The molecule has 2 aromatic heterocycles. The summed E-state index contributed by atoms with van der Waals surface area (Å²) < 4.78 is 15.5. The van der Waals surface area contributed by atoms with Gasteiger partial charge in [0.25, 0.3) is 0 Å². The van der Waals surface area contributed by atoms with Crippen molar-refractivity contribution < 1.29 is 9.18 Å². The number of benzene rings is 1. The predicted octanol–water partition coefficient (Wildman–Crippen LogP) is 3.00. The van der Waals surface area contributed by atoms with Crippen LogP contribution in [0.25, 0.3) is 0 Å². The zero-order valence-electron chi connectivity index (χ0n) is 16.6. The van der Waals surface area contributed by atoms with Crippen LogP contribution in [0.5, 0.6) is 0 Å². The van der Waals surface area contributed by atoms with Crippen molar-refractivity contribution in [1.29, 1.82) is 0 Å². The van der Waals surface area contributed by atoms with Gasteiger partial charge in [0.05, 0.1) is 11.9 Å². The topological polar surface area (TPSA) is 96.8 Å². The van der Waals surface area contributed by atoms with E-state index in [0.717, 1.165) is 5.56 Å². The van der Waals surface area contributed by atoms with E-state index >= 15 is 0 Å². The zero-order valence-corrected chi connectivity index (χ0v) is 16.6.